The van der Waals surface area contributed by atoms with E-state index in [1.54, 1.807) is 12.4 Å². The molecule has 0 radical (unpaired) electrons. The number of hydrogen-bond donors (Lipinski definition) is 0. The van der Waals surface area contributed by atoms with Crippen LogP contribution in [-0.2, 0) is 6.42 Å². The molecule has 0 aliphatic carbocycles. The number of pyridine rings is 1. The van der Waals surface area contributed by atoms with E-state index in [9.17, 15) is 10.1 Å². The van der Waals surface area contributed by atoms with Crippen LogP contribution in [0.1, 0.15) is 12.0 Å². The molecule has 0 unspecified atom stereocenters. The van der Waals surface area contributed by atoms with E-state index in [4.69, 9.17) is 16.3 Å². The van der Waals surface area contributed by atoms with Crippen molar-refractivity contribution >= 4 is 17.3 Å². The van der Waals surface area contributed by atoms with E-state index in [1.165, 1.54) is 0 Å². The lowest BCUT2D eigenvalue weighted by atomic mass is 10.1. The Morgan fingerprint density at radius 1 is 1.35 bits per heavy atom. The molecule has 0 N–H and O–H groups in total. The van der Waals surface area contributed by atoms with Gasteiger partial charge in [0.2, 0.25) is 5.28 Å². The van der Waals surface area contributed by atoms with Crippen LogP contribution < -0.4 is 4.74 Å². The minimum atomic E-state index is -0.603. The Hall–Kier alpha value is -2.28. The SMILES string of the molecule is O=[N+]([O-])c1cnc(Cl)nc1OCCCc1ccncc1. The highest BCUT2D eigenvalue weighted by Gasteiger charge is 2.18. The number of halogens is 1. The van der Waals surface area contributed by atoms with Crippen LogP contribution in [0, 0.1) is 10.1 Å². The molecule has 104 valence electrons. The summed E-state index contributed by atoms with van der Waals surface area (Å²) >= 11 is 5.60. The largest absolute Gasteiger partial charge is 0.473 e. The van der Waals surface area contributed by atoms with Gasteiger partial charge in [0.15, 0.2) is 0 Å². The van der Waals surface area contributed by atoms with Crippen LogP contribution in [0.2, 0.25) is 5.28 Å². The lowest BCUT2D eigenvalue weighted by Crippen LogP contribution is -2.04. The molecule has 2 heterocycles. The summed E-state index contributed by atoms with van der Waals surface area (Å²) in [6.07, 6.45) is 5.95. The van der Waals surface area contributed by atoms with E-state index in [0.717, 1.165) is 18.2 Å². The lowest BCUT2D eigenvalue weighted by Gasteiger charge is -2.05. The Morgan fingerprint density at radius 2 is 2.10 bits per heavy atom. The van der Waals surface area contributed by atoms with Gasteiger partial charge in [-0.1, -0.05) is 0 Å². The predicted octanol–water partition coefficient (Wildman–Crippen LogP) is 2.44. The Kier molecular flexibility index (Phi) is 4.78. The monoisotopic (exact) mass is 294 g/mol. The van der Waals surface area contributed by atoms with Crippen molar-refractivity contribution in [3.63, 3.8) is 0 Å². The van der Waals surface area contributed by atoms with Crippen LogP contribution in [0.25, 0.3) is 0 Å². The molecule has 0 aliphatic heterocycles. The minimum absolute atomic E-state index is 0.0836. The van der Waals surface area contributed by atoms with Gasteiger partial charge in [-0.15, -0.1) is 0 Å². The van der Waals surface area contributed by atoms with Crippen molar-refractivity contribution in [3.8, 4) is 5.88 Å². The van der Waals surface area contributed by atoms with Crippen molar-refractivity contribution in [2.24, 2.45) is 0 Å². The zero-order valence-corrected chi connectivity index (χ0v) is 11.2. The zero-order valence-electron chi connectivity index (χ0n) is 10.4. The smallest absolute Gasteiger partial charge is 0.349 e. The van der Waals surface area contributed by atoms with Gasteiger partial charge >= 0.3 is 5.69 Å². The van der Waals surface area contributed by atoms with Gasteiger partial charge in [0.25, 0.3) is 5.88 Å². The summed E-state index contributed by atoms with van der Waals surface area (Å²) in [4.78, 5) is 21.4. The van der Waals surface area contributed by atoms with Crippen molar-refractivity contribution in [1.82, 2.24) is 15.0 Å². The summed E-state index contributed by atoms with van der Waals surface area (Å²) in [5.41, 5.74) is 0.831. The third-order valence-electron chi connectivity index (χ3n) is 2.50. The van der Waals surface area contributed by atoms with E-state index >= 15 is 0 Å². The first-order valence-corrected chi connectivity index (χ1v) is 6.23. The van der Waals surface area contributed by atoms with Gasteiger partial charge in [-0.05, 0) is 42.1 Å². The number of nitrogens with zero attached hydrogens (tertiary/aromatic N) is 4. The lowest BCUT2D eigenvalue weighted by molar-refractivity contribution is -0.386. The molecule has 7 nitrogen and oxygen atoms in total. The van der Waals surface area contributed by atoms with E-state index in [2.05, 4.69) is 15.0 Å². The fourth-order valence-electron chi connectivity index (χ4n) is 1.57. The second-order valence-corrected chi connectivity index (χ2v) is 4.23. The highest BCUT2D eigenvalue weighted by atomic mass is 35.5. The number of hydrogen-bond acceptors (Lipinski definition) is 6. The van der Waals surface area contributed by atoms with Crippen LogP contribution in [0.4, 0.5) is 5.69 Å². The quantitative estimate of drug-likeness (QED) is 0.352. The molecule has 20 heavy (non-hydrogen) atoms. The molecule has 0 aliphatic rings. The molecule has 0 saturated heterocycles. The predicted molar refractivity (Wildman–Crippen MR) is 71.7 cm³/mol. The van der Waals surface area contributed by atoms with Gasteiger partial charge in [-0.3, -0.25) is 15.1 Å². The van der Waals surface area contributed by atoms with Crippen LogP contribution in [0.15, 0.2) is 30.7 Å². The Balaban J connectivity index is 1.91. The van der Waals surface area contributed by atoms with E-state index in [-0.39, 0.29) is 16.9 Å². The molecular weight excluding hydrogens is 284 g/mol. The normalized spacial score (nSPS) is 10.2. The fraction of sp³-hybridized carbons (Fsp3) is 0.250. The average molecular weight is 295 g/mol. The summed E-state index contributed by atoms with van der Waals surface area (Å²) in [6, 6.07) is 3.81. The van der Waals surface area contributed by atoms with Gasteiger partial charge in [0.1, 0.15) is 6.20 Å². The Labute approximate surface area is 119 Å². The van der Waals surface area contributed by atoms with Crippen molar-refractivity contribution < 1.29 is 9.66 Å². The summed E-state index contributed by atoms with van der Waals surface area (Å²) in [6.45, 7) is 0.302. The number of rotatable bonds is 6. The van der Waals surface area contributed by atoms with Crippen molar-refractivity contribution in [2.75, 3.05) is 6.61 Å². The first-order chi connectivity index (χ1) is 9.66. The van der Waals surface area contributed by atoms with E-state index in [1.807, 2.05) is 12.1 Å². The minimum Gasteiger partial charge on any atom is -0.473 e. The Morgan fingerprint density at radius 3 is 2.80 bits per heavy atom. The molecule has 0 atom stereocenters. The Bertz CT molecular complexity index is 595. The van der Waals surface area contributed by atoms with E-state index < -0.39 is 4.92 Å². The van der Waals surface area contributed by atoms with Crippen LogP contribution in [0.3, 0.4) is 0 Å². The van der Waals surface area contributed by atoms with Gasteiger partial charge in [-0.25, -0.2) is 4.98 Å². The van der Waals surface area contributed by atoms with Crippen LogP contribution in [-0.4, -0.2) is 26.5 Å². The maximum absolute atomic E-state index is 10.8. The van der Waals surface area contributed by atoms with Gasteiger partial charge in [-0.2, -0.15) is 4.98 Å². The molecule has 2 aromatic rings. The first-order valence-electron chi connectivity index (χ1n) is 5.85. The molecule has 0 fully saturated rings. The molecule has 0 saturated carbocycles. The van der Waals surface area contributed by atoms with Gasteiger partial charge in [0, 0.05) is 12.4 Å². The van der Waals surface area contributed by atoms with Crippen molar-refractivity contribution in [1.29, 1.82) is 0 Å². The topological polar surface area (TPSA) is 91.0 Å². The third kappa shape index (κ3) is 3.86. The summed E-state index contributed by atoms with van der Waals surface area (Å²) in [5.74, 6) is -0.107. The highest BCUT2D eigenvalue weighted by molar-refractivity contribution is 6.28. The van der Waals surface area contributed by atoms with Gasteiger partial charge in [0.05, 0.1) is 11.5 Å². The second kappa shape index (κ2) is 6.76. The van der Waals surface area contributed by atoms with Crippen molar-refractivity contribution in [2.45, 2.75) is 12.8 Å². The fourth-order valence-corrected chi connectivity index (χ4v) is 1.69. The summed E-state index contributed by atoms with van der Waals surface area (Å²) < 4.78 is 5.31. The molecule has 8 heteroatoms. The first kappa shape index (κ1) is 14.1. The molecule has 2 rings (SSSR count). The summed E-state index contributed by atoms with van der Waals surface area (Å²) in [7, 11) is 0. The van der Waals surface area contributed by atoms with Crippen LogP contribution in [0.5, 0.6) is 5.88 Å². The molecule has 0 aromatic carbocycles. The number of nitro groups is 1. The van der Waals surface area contributed by atoms with Crippen LogP contribution >= 0.6 is 11.6 Å². The second-order valence-electron chi connectivity index (χ2n) is 3.89. The van der Waals surface area contributed by atoms with Crippen molar-refractivity contribution in [3.05, 3.63) is 51.7 Å². The standard InChI is InChI=1S/C12H11ClN4O3/c13-12-15-8-10(17(18)19)11(16-12)20-7-1-2-9-3-5-14-6-4-9/h3-6,8H,1-2,7H2. The maximum Gasteiger partial charge on any atom is 0.349 e. The summed E-state index contributed by atoms with van der Waals surface area (Å²) in [5, 5.41) is 10.7. The molecule has 0 bridgehead atoms. The number of aromatic nitrogens is 3. The third-order valence-corrected chi connectivity index (χ3v) is 2.68. The van der Waals surface area contributed by atoms with E-state index in [0.29, 0.717) is 13.0 Å². The average Bonchev–Trinajstić information content (AvgIpc) is 2.44. The molecule has 0 amide bonds. The maximum atomic E-state index is 10.8. The van der Waals surface area contributed by atoms with Gasteiger partial charge < -0.3 is 4.74 Å². The molecule has 2 aromatic heterocycles. The highest BCUT2D eigenvalue weighted by Crippen LogP contribution is 2.24. The molecule has 0 spiro atoms. The zero-order chi connectivity index (χ0) is 14.4. The number of aryl methyl sites for hydroxylation is 1. The number of ether oxygens (including phenoxy) is 1. The molecular formula is C12H11ClN4O3.